The number of Topliss-reactive ketones (excluding diaryl/α,β-unsaturated/α-hetero) is 1. The molecule has 1 heterocycles. The van der Waals surface area contributed by atoms with Gasteiger partial charge >= 0.3 is 6.18 Å². The Morgan fingerprint density at radius 2 is 1.75 bits per heavy atom. The highest BCUT2D eigenvalue weighted by Gasteiger charge is 2.32. The molecule has 0 radical (unpaired) electrons. The Labute approximate surface area is 91.5 Å². The second kappa shape index (κ2) is 3.88. The molecule has 16 heavy (non-hydrogen) atoms. The van der Waals surface area contributed by atoms with Crippen LogP contribution in [0, 0.1) is 5.41 Å². The van der Waals surface area contributed by atoms with Crippen LogP contribution in [0.1, 0.15) is 36.7 Å². The van der Waals surface area contributed by atoms with Crippen molar-refractivity contribution in [2.75, 3.05) is 0 Å². The zero-order valence-corrected chi connectivity index (χ0v) is 9.22. The first-order chi connectivity index (χ1) is 7.12. The lowest BCUT2D eigenvalue weighted by Gasteiger charge is -2.17. The van der Waals surface area contributed by atoms with Gasteiger partial charge in [0.15, 0.2) is 5.78 Å². The predicted octanol–water partition coefficient (Wildman–Crippen LogP) is 3.33. The molecule has 0 aliphatic heterocycles. The van der Waals surface area contributed by atoms with Crippen LogP contribution in [-0.4, -0.2) is 10.8 Å². The van der Waals surface area contributed by atoms with Crippen LogP contribution in [-0.2, 0) is 6.18 Å². The second-order valence-corrected chi connectivity index (χ2v) is 4.54. The van der Waals surface area contributed by atoms with Crippen LogP contribution in [0.3, 0.4) is 0 Å². The smallest absolute Gasteiger partial charge is 0.294 e. The van der Waals surface area contributed by atoms with E-state index in [-0.39, 0.29) is 11.3 Å². The number of carbonyl (C=O) groups is 1. The molecule has 0 amide bonds. The second-order valence-electron chi connectivity index (χ2n) is 4.54. The van der Waals surface area contributed by atoms with E-state index in [1.165, 1.54) is 0 Å². The fourth-order valence-electron chi connectivity index (χ4n) is 1.15. The lowest BCUT2D eigenvalue weighted by molar-refractivity contribution is -0.137. The molecule has 0 atom stereocenters. The maximum absolute atomic E-state index is 12.4. The number of aromatic nitrogens is 1. The van der Waals surface area contributed by atoms with Crippen molar-refractivity contribution in [1.29, 1.82) is 0 Å². The molecule has 0 bridgehead atoms. The molecular formula is C11H12F3NO. The van der Waals surface area contributed by atoms with E-state index in [1.54, 1.807) is 20.8 Å². The normalized spacial score (nSPS) is 12.6. The van der Waals surface area contributed by atoms with Crippen molar-refractivity contribution < 1.29 is 18.0 Å². The minimum Gasteiger partial charge on any atom is -0.294 e. The number of ketones is 1. The first-order valence-electron chi connectivity index (χ1n) is 4.69. The lowest BCUT2D eigenvalue weighted by Crippen LogP contribution is -2.21. The summed E-state index contributed by atoms with van der Waals surface area (Å²) < 4.78 is 37.1. The zero-order valence-electron chi connectivity index (χ0n) is 9.22. The van der Waals surface area contributed by atoms with E-state index in [9.17, 15) is 18.0 Å². The quantitative estimate of drug-likeness (QED) is 0.694. The van der Waals surface area contributed by atoms with Crippen molar-refractivity contribution in [2.24, 2.45) is 5.41 Å². The van der Waals surface area contributed by atoms with Crippen LogP contribution >= 0.6 is 0 Å². The van der Waals surface area contributed by atoms with Gasteiger partial charge in [0.25, 0.3) is 0 Å². The van der Waals surface area contributed by atoms with Crippen LogP contribution in [0.5, 0.6) is 0 Å². The van der Waals surface area contributed by atoms with Gasteiger partial charge in [-0.1, -0.05) is 20.8 Å². The van der Waals surface area contributed by atoms with E-state index in [2.05, 4.69) is 4.98 Å². The van der Waals surface area contributed by atoms with Gasteiger partial charge in [-0.05, 0) is 6.07 Å². The summed E-state index contributed by atoms with van der Waals surface area (Å²) in [6.07, 6.45) is -2.61. The topological polar surface area (TPSA) is 30.0 Å². The summed E-state index contributed by atoms with van der Waals surface area (Å²) in [4.78, 5) is 15.2. The number of carbonyl (C=O) groups excluding carboxylic acids is 1. The van der Waals surface area contributed by atoms with Gasteiger partial charge in [0, 0.05) is 23.4 Å². The predicted molar refractivity (Wildman–Crippen MR) is 53.0 cm³/mol. The van der Waals surface area contributed by atoms with Gasteiger partial charge in [-0.3, -0.25) is 9.78 Å². The molecule has 0 aromatic carbocycles. The molecule has 0 spiro atoms. The zero-order chi connectivity index (χ0) is 12.6. The average Bonchev–Trinajstić information content (AvgIpc) is 2.14. The molecule has 1 rings (SSSR count). The summed E-state index contributed by atoms with van der Waals surface area (Å²) in [6, 6.07) is 0.834. The average molecular weight is 231 g/mol. The van der Waals surface area contributed by atoms with Crippen molar-refractivity contribution in [2.45, 2.75) is 26.9 Å². The molecule has 0 aliphatic rings. The molecular weight excluding hydrogens is 219 g/mol. The first kappa shape index (κ1) is 12.7. The Balaban J connectivity index is 3.14. The monoisotopic (exact) mass is 231 g/mol. The van der Waals surface area contributed by atoms with E-state index >= 15 is 0 Å². The number of halogens is 3. The first-order valence-corrected chi connectivity index (χ1v) is 4.69. The summed E-state index contributed by atoms with van der Waals surface area (Å²) in [5, 5.41) is 0. The van der Waals surface area contributed by atoms with Gasteiger partial charge in [0.1, 0.15) is 0 Å². The number of alkyl halides is 3. The molecule has 1 aromatic heterocycles. The SMILES string of the molecule is CC(C)(C)C(=O)c1cncc(C(F)(F)F)c1. The van der Waals surface area contributed by atoms with E-state index in [0.29, 0.717) is 6.20 Å². The summed E-state index contributed by atoms with van der Waals surface area (Å²) in [5.41, 5.74) is -1.63. The van der Waals surface area contributed by atoms with Crippen LogP contribution in [0.25, 0.3) is 0 Å². The van der Waals surface area contributed by atoms with Crippen molar-refractivity contribution in [3.63, 3.8) is 0 Å². The highest BCUT2D eigenvalue weighted by atomic mass is 19.4. The third-order valence-electron chi connectivity index (χ3n) is 2.01. The van der Waals surface area contributed by atoms with Gasteiger partial charge < -0.3 is 0 Å². The van der Waals surface area contributed by atoms with E-state index in [0.717, 1.165) is 12.3 Å². The molecule has 88 valence electrons. The third kappa shape index (κ3) is 2.81. The van der Waals surface area contributed by atoms with Crippen molar-refractivity contribution in [3.8, 4) is 0 Å². The largest absolute Gasteiger partial charge is 0.417 e. The number of hydrogen-bond acceptors (Lipinski definition) is 2. The number of hydrogen-bond donors (Lipinski definition) is 0. The van der Waals surface area contributed by atoms with Gasteiger partial charge in [-0.25, -0.2) is 0 Å². The highest BCUT2D eigenvalue weighted by molar-refractivity contribution is 5.99. The summed E-state index contributed by atoms with van der Waals surface area (Å²) in [5.74, 6) is -0.355. The van der Waals surface area contributed by atoms with E-state index in [1.807, 2.05) is 0 Å². The van der Waals surface area contributed by atoms with Crippen molar-refractivity contribution in [3.05, 3.63) is 29.6 Å². The Morgan fingerprint density at radius 3 is 2.19 bits per heavy atom. The van der Waals surface area contributed by atoms with Crippen LogP contribution in [0.15, 0.2) is 18.5 Å². The molecule has 0 saturated carbocycles. The number of nitrogens with zero attached hydrogens (tertiary/aromatic N) is 1. The number of rotatable bonds is 1. The van der Waals surface area contributed by atoms with Gasteiger partial charge in [0.05, 0.1) is 5.56 Å². The molecule has 0 saturated heterocycles. The third-order valence-corrected chi connectivity index (χ3v) is 2.01. The minimum atomic E-state index is -4.47. The standard InChI is InChI=1S/C11H12F3NO/c1-10(2,3)9(16)7-4-8(6-15-5-7)11(12,13)14/h4-6H,1-3H3. The molecule has 0 aliphatic carbocycles. The Hall–Kier alpha value is -1.39. The van der Waals surface area contributed by atoms with E-state index in [4.69, 9.17) is 0 Å². The van der Waals surface area contributed by atoms with Crippen LogP contribution in [0.2, 0.25) is 0 Å². The van der Waals surface area contributed by atoms with Crippen LogP contribution < -0.4 is 0 Å². The van der Waals surface area contributed by atoms with Gasteiger partial charge in [-0.2, -0.15) is 13.2 Å². The maximum atomic E-state index is 12.4. The fourth-order valence-corrected chi connectivity index (χ4v) is 1.15. The van der Waals surface area contributed by atoms with Gasteiger partial charge in [0.2, 0.25) is 0 Å². The number of pyridine rings is 1. The minimum absolute atomic E-state index is 0.0117. The maximum Gasteiger partial charge on any atom is 0.417 e. The molecule has 0 N–H and O–H groups in total. The molecule has 0 fully saturated rings. The molecule has 2 nitrogen and oxygen atoms in total. The lowest BCUT2D eigenvalue weighted by atomic mass is 9.87. The van der Waals surface area contributed by atoms with Crippen molar-refractivity contribution in [1.82, 2.24) is 4.98 Å². The van der Waals surface area contributed by atoms with E-state index < -0.39 is 17.2 Å². The Morgan fingerprint density at radius 1 is 1.19 bits per heavy atom. The Kier molecular flexibility index (Phi) is 3.08. The van der Waals surface area contributed by atoms with Crippen LogP contribution in [0.4, 0.5) is 13.2 Å². The summed E-state index contributed by atoms with van der Waals surface area (Å²) in [7, 11) is 0. The molecule has 5 heteroatoms. The summed E-state index contributed by atoms with van der Waals surface area (Å²) >= 11 is 0. The molecule has 1 aromatic rings. The van der Waals surface area contributed by atoms with Gasteiger partial charge in [-0.15, -0.1) is 0 Å². The molecule has 0 unspecified atom stereocenters. The Bertz CT molecular complexity index is 404. The highest BCUT2D eigenvalue weighted by Crippen LogP contribution is 2.30. The van der Waals surface area contributed by atoms with Crippen molar-refractivity contribution >= 4 is 5.78 Å². The fraction of sp³-hybridized carbons (Fsp3) is 0.455. The summed E-state index contributed by atoms with van der Waals surface area (Å²) in [6.45, 7) is 4.95.